The molecule has 0 aliphatic heterocycles. The number of quaternary nitrogens is 1. The van der Waals surface area contributed by atoms with Gasteiger partial charge in [-0.25, -0.2) is 4.79 Å². The number of phosphoric acid groups is 1. The van der Waals surface area contributed by atoms with Gasteiger partial charge in [-0.05, 0) is 19.8 Å². The monoisotopic (exact) mass is 337 g/mol. The van der Waals surface area contributed by atoms with Crippen LogP contribution in [0.5, 0.6) is 0 Å². The zero-order chi connectivity index (χ0) is 17.2. The van der Waals surface area contributed by atoms with Crippen molar-refractivity contribution in [3.63, 3.8) is 0 Å². The molecule has 0 aromatic rings. The Bertz CT molecular complexity index is 405. The summed E-state index contributed by atoms with van der Waals surface area (Å²) < 4.78 is 26.6. The Morgan fingerprint density at radius 1 is 1.09 bits per heavy atom. The Morgan fingerprint density at radius 3 is 2.09 bits per heavy atom. The summed E-state index contributed by atoms with van der Waals surface area (Å²) in [6.45, 7) is 6.18. The second-order valence-electron chi connectivity index (χ2n) is 6.10. The molecule has 7 nitrogen and oxygen atoms in total. The van der Waals surface area contributed by atoms with Gasteiger partial charge in [0.1, 0.15) is 0 Å². The molecular formula is C14H28NO6P. The van der Waals surface area contributed by atoms with E-state index in [0.717, 1.165) is 11.0 Å². The maximum absolute atomic E-state index is 11.5. The van der Waals surface area contributed by atoms with Crippen LogP contribution in [0, 0.1) is 0 Å². The van der Waals surface area contributed by atoms with Crippen LogP contribution in [0.15, 0.2) is 12.2 Å². The molecule has 0 aliphatic carbocycles. The van der Waals surface area contributed by atoms with E-state index in [9.17, 15) is 14.3 Å². The van der Waals surface area contributed by atoms with Crippen LogP contribution in [-0.4, -0.2) is 58.0 Å². The van der Waals surface area contributed by atoms with E-state index in [1.54, 1.807) is 6.92 Å². The molecule has 0 fully saturated rings. The van der Waals surface area contributed by atoms with E-state index in [1.165, 1.54) is 0 Å². The van der Waals surface area contributed by atoms with Crippen LogP contribution in [0.2, 0.25) is 0 Å². The van der Waals surface area contributed by atoms with Gasteiger partial charge in [0.2, 0.25) is 0 Å². The number of hydrogen-bond donors (Lipinski definition) is 0. The molecule has 0 N–H and O–H groups in total. The molecule has 0 spiro atoms. The van der Waals surface area contributed by atoms with Crippen molar-refractivity contribution in [3.05, 3.63) is 12.2 Å². The minimum absolute atomic E-state index is 0.0146. The third-order valence-electron chi connectivity index (χ3n) is 2.59. The van der Waals surface area contributed by atoms with Crippen molar-refractivity contribution in [1.29, 1.82) is 0 Å². The SMILES string of the molecule is C=C(C)C(=O)OCCCCOP(=O)([O-])OCCC[N+](C)(C)C. The minimum atomic E-state index is -4.24. The summed E-state index contributed by atoms with van der Waals surface area (Å²) in [6.07, 6.45) is 1.61. The molecule has 0 aromatic carbocycles. The summed E-state index contributed by atoms with van der Waals surface area (Å²) in [6, 6.07) is 0. The highest BCUT2D eigenvalue weighted by atomic mass is 31.2. The van der Waals surface area contributed by atoms with Gasteiger partial charge in [0.05, 0.1) is 47.5 Å². The van der Waals surface area contributed by atoms with E-state index in [1.807, 2.05) is 21.1 Å². The number of rotatable bonds is 12. The van der Waals surface area contributed by atoms with E-state index in [4.69, 9.17) is 13.8 Å². The van der Waals surface area contributed by atoms with Crippen LogP contribution in [0.1, 0.15) is 26.2 Å². The van der Waals surface area contributed by atoms with Crippen molar-refractivity contribution in [2.75, 3.05) is 47.5 Å². The predicted molar refractivity (Wildman–Crippen MR) is 82.0 cm³/mol. The fraction of sp³-hybridized carbons (Fsp3) is 0.786. The van der Waals surface area contributed by atoms with Gasteiger partial charge < -0.3 is 23.2 Å². The van der Waals surface area contributed by atoms with Crippen LogP contribution < -0.4 is 4.89 Å². The first-order valence-corrected chi connectivity index (χ1v) is 8.73. The van der Waals surface area contributed by atoms with Crippen molar-refractivity contribution in [2.45, 2.75) is 26.2 Å². The normalized spacial score (nSPS) is 14.4. The maximum Gasteiger partial charge on any atom is 0.333 e. The van der Waals surface area contributed by atoms with Crippen LogP contribution in [0.25, 0.3) is 0 Å². The van der Waals surface area contributed by atoms with Crippen molar-refractivity contribution in [1.82, 2.24) is 0 Å². The van der Waals surface area contributed by atoms with Crippen LogP contribution in [0.3, 0.4) is 0 Å². The number of nitrogens with zero attached hydrogens (tertiary/aromatic N) is 1. The Kier molecular flexibility index (Phi) is 9.80. The molecule has 0 radical (unpaired) electrons. The molecule has 0 rings (SSSR count). The minimum Gasteiger partial charge on any atom is -0.756 e. The molecule has 22 heavy (non-hydrogen) atoms. The first kappa shape index (κ1) is 21.3. The Morgan fingerprint density at radius 2 is 1.59 bits per heavy atom. The number of phosphoric ester groups is 1. The Balaban J connectivity index is 3.66. The standard InChI is InChI=1S/C14H28NO6P/c1-13(2)14(16)19-10-6-7-11-20-22(17,18)21-12-8-9-15(3,4)5/h1,6-12H2,2-5H3. The van der Waals surface area contributed by atoms with E-state index >= 15 is 0 Å². The average Bonchev–Trinajstić information content (AvgIpc) is 2.37. The molecule has 0 aromatic heterocycles. The maximum atomic E-state index is 11.5. The number of ether oxygens (including phenoxy) is 1. The van der Waals surface area contributed by atoms with Gasteiger partial charge in [-0.15, -0.1) is 0 Å². The molecule has 1 unspecified atom stereocenters. The molecule has 0 saturated carbocycles. The van der Waals surface area contributed by atoms with Gasteiger partial charge >= 0.3 is 5.97 Å². The number of hydrogen-bond acceptors (Lipinski definition) is 6. The first-order chi connectivity index (χ1) is 10.0. The second-order valence-corrected chi connectivity index (χ2v) is 7.52. The number of carbonyl (C=O) groups is 1. The largest absolute Gasteiger partial charge is 0.756 e. The molecule has 0 bridgehead atoms. The molecule has 130 valence electrons. The van der Waals surface area contributed by atoms with E-state index in [-0.39, 0.29) is 19.8 Å². The van der Waals surface area contributed by atoms with Gasteiger partial charge in [-0.3, -0.25) is 4.57 Å². The van der Waals surface area contributed by atoms with E-state index in [2.05, 4.69) is 6.58 Å². The number of carbonyl (C=O) groups excluding carboxylic acids is 1. The van der Waals surface area contributed by atoms with E-state index < -0.39 is 13.8 Å². The molecule has 8 heteroatoms. The topological polar surface area (TPSA) is 84.9 Å². The van der Waals surface area contributed by atoms with Gasteiger partial charge in [0, 0.05) is 12.0 Å². The van der Waals surface area contributed by atoms with Crippen LogP contribution >= 0.6 is 7.82 Å². The fourth-order valence-electron chi connectivity index (χ4n) is 1.42. The third-order valence-corrected chi connectivity index (χ3v) is 3.59. The molecule has 0 amide bonds. The molecular weight excluding hydrogens is 309 g/mol. The quantitative estimate of drug-likeness (QED) is 0.176. The molecule has 0 saturated heterocycles. The molecule has 0 aliphatic rings. The highest BCUT2D eigenvalue weighted by molar-refractivity contribution is 7.45. The van der Waals surface area contributed by atoms with Crippen molar-refractivity contribution in [3.8, 4) is 0 Å². The lowest BCUT2D eigenvalue weighted by atomic mass is 10.3. The third kappa shape index (κ3) is 13.0. The zero-order valence-corrected chi connectivity index (χ0v) is 14.9. The average molecular weight is 337 g/mol. The lowest BCUT2D eigenvalue weighted by Crippen LogP contribution is -2.35. The zero-order valence-electron chi connectivity index (χ0n) is 14.0. The second kappa shape index (κ2) is 10.1. The smallest absolute Gasteiger partial charge is 0.333 e. The van der Waals surface area contributed by atoms with Crippen molar-refractivity contribution in [2.24, 2.45) is 0 Å². The van der Waals surface area contributed by atoms with Crippen LogP contribution in [-0.2, 0) is 23.1 Å². The molecule has 1 atom stereocenters. The van der Waals surface area contributed by atoms with E-state index in [0.29, 0.717) is 24.8 Å². The fourth-order valence-corrected chi connectivity index (χ4v) is 2.20. The Hall–Kier alpha value is -0.720. The van der Waals surface area contributed by atoms with Crippen molar-refractivity contribution < 1.29 is 32.5 Å². The highest BCUT2D eigenvalue weighted by Gasteiger charge is 2.11. The number of unbranched alkanes of at least 4 members (excludes halogenated alkanes) is 1. The summed E-state index contributed by atoms with van der Waals surface area (Å²) in [5.74, 6) is -0.448. The summed E-state index contributed by atoms with van der Waals surface area (Å²) in [5, 5.41) is 0. The summed E-state index contributed by atoms with van der Waals surface area (Å²) in [4.78, 5) is 22.5. The van der Waals surface area contributed by atoms with Gasteiger partial charge in [-0.2, -0.15) is 0 Å². The van der Waals surface area contributed by atoms with Crippen molar-refractivity contribution >= 4 is 13.8 Å². The summed E-state index contributed by atoms with van der Waals surface area (Å²) >= 11 is 0. The Labute approximate surface area is 133 Å². The summed E-state index contributed by atoms with van der Waals surface area (Å²) in [7, 11) is 1.83. The molecule has 0 heterocycles. The highest BCUT2D eigenvalue weighted by Crippen LogP contribution is 2.38. The van der Waals surface area contributed by atoms with Gasteiger partial charge in [0.15, 0.2) is 0 Å². The predicted octanol–water partition coefficient (Wildman–Crippen LogP) is 1.48. The van der Waals surface area contributed by atoms with Gasteiger partial charge in [-0.1, -0.05) is 6.58 Å². The summed E-state index contributed by atoms with van der Waals surface area (Å²) in [5.41, 5.74) is 0.336. The number of esters is 1. The van der Waals surface area contributed by atoms with Gasteiger partial charge in [0.25, 0.3) is 7.82 Å². The lowest BCUT2D eigenvalue weighted by molar-refractivity contribution is -0.870. The lowest BCUT2D eigenvalue weighted by Gasteiger charge is -2.26. The van der Waals surface area contributed by atoms with Crippen LogP contribution in [0.4, 0.5) is 0 Å². The first-order valence-electron chi connectivity index (χ1n) is 7.27.